The first-order chi connectivity index (χ1) is 9.50. The smallest absolute Gasteiger partial charge is 0.327 e. The van der Waals surface area contributed by atoms with Gasteiger partial charge in [-0.1, -0.05) is 0 Å². The van der Waals surface area contributed by atoms with Crippen LogP contribution in [0.1, 0.15) is 13.8 Å². The van der Waals surface area contributed by atoms with Crippen molar-refractivity contribution >= 4 is 23.8 Å². The molecule has 2 fully saturated rings. The summed E-state index contributed by atoms with van der Waals surface area (Å²) in [6.45, 7) is 7.94. The Morgan fingerprint density at radius 1 is 1.15 bits per heavy atom. The molecule has 2 heterocycles. The maximum absolute atomic E-state index is 12.5. The lowest BCUT2D eigenvalue weighted by Crippen LogP contribution is -2.59. The fourth-order valence-electron chi connectivity index (χ4n) is 2.65. The first kappa shape index (κ1) is 15.4. The van der Waals surface area contributed by atoms with Gasteiger partial charge in [0.25, 0.3) is 0 Å². The maximum Gasteiger partial charge on any atom is 0.327 e. The average molecular weight is 301 g/mol. The molecule has 2 aliphatic rings. The van der Waals surface area contributed by atoms with Crippen molar-refractivity contribution in [2.24, 2.45) is 0 Å². The molecular weight excluding hydrogens is 278 g/mol. The molecule has 0 bridgehead atoms. The predicted molar refractivity (Wildman–Crippen MR) is 79.1 cm³/mol. The minimum absolute atomic E-state index is 0.110. The van der Waals surface area contributed by atoms with Gasteiger partial charge in [-0.3, -0.25) is 4.90 Å². The van der Waals surface area contributed by atoms with Gasteiger partial charge in [-0.15, -0.1) is 0 Å². The number of carbonyl (C=O) groups is 2. The van der Waals surface area contributed by atoms with Crippen molar-refractivity contribution in [2.45, 2.75) is 25.9 Å². The Hall–Kier alpha value is -0.950. The largest absolute Gasteiger partial charge is 0.480 e. The van der Waals surface area contributed by atoms with Crippen LogP contribution in [0.5, 0.6) is 0 Å². The van der Waals surface area contributed by atoms with Crippen LogP contribution in [0.15, 0.2) is 0 Å². The van der Waals surface area contributed by atoms with Crippen LogP contribution in [0.2, 0.25) is 0 Å². The summed E-state index contributed by atoms with van der Waals surface area (Å²) in [6, 6.07) is -0.295. The minimum Gasteiger partial charge on any atom is -0.480 e. The lowest BCUT2D eigenvalue weighted by molar-refractivity contribution is -0.141. The molecule has 2 aliphatic heterocycles. The van der Waals surface area contributed by atoms with Crippen LogP contribution >= 0.6 is 11.8 Å². The van der Waals surface area contributed by atoms with Gasteiger partial charge in [-0.2, -0.15) is 11.8 Å². The van der Waals surface area contributed by atoms with Crippen molar-refractivity contribution < 1.29 is 14.7 Å². The Labute approximate surface area is 124 Å². The Kier molecular flexibility index (Phi) is 5.15. The highest BCUT2D eigenvalue weighted by Gasteiger charge is 2.35. The van der Waals surface area contributed by atoms with Crippen molar-refractivity contribution in [3.63, 3.8) is 0 Å². The third-order valence-corrected chi connectivity index (χ3v) is 5.00. The lowest BCUT2D eigenvalue weighted by Gasteiger charge is -2.41. The Bertz CT molecular complexity index is 370. The van der Waals surface area contributed by atoms with Crippen molar-refractivity contribution in [3.8, 4) is 0 Å². The highest BCUT2D eigenvalue weighted by atomic mass is 32.2. The predicted octanol–water partition coefficient (Wildman–Crippen LogP) is 0.634. The van der Waals surface area contributed by atoms with Gasteiger partial charge >= 0.3 is 12.0 Å². The van der Waals surface area contributed by atoms with Crippen LogP contribution in [0.4, 0.5) is 4.79 Å². The van der Waals surface area contributed by atoms with E-state index in [1.54, 1.807) is 16.7 Å². The molecule has 0 aliphatic carbocycles. The van der Waals surface area contributed by atoms with Crippen LogP contribution in [-0.4, -0.2) is 88.1 Å². The van der Waals surface area contributed by atoms with E-state index in [0.717, 1.165) is 18.8 Å². The molecule has 0 aromatic rings. The summed E-state index contributed by atoms with van der Waals surface area (Å²) in [6.07, 6.45) is 0. The zero-order valence-electron chi connectivity index (χ0n) is 12.1. The van der Waals surface area contributed by atoms with E-state index in [0.29, 0.717) is 31.4 Å². The zero-order valence-corrected chi connectivity index (χ0v) is 12.9. The first-order valence-electron chi connectivity index (χ1n) is 7.11. The van der Waals surface area contributed by atoms with E-state index < -0.39 is 12.0 Å². The molecule has 1 unspecified atom stereocenters. The monoisotopic (exact) mass is 301 g/mol. The summed E-state index contributed by atoms with van der Waals surface area (Å²) in [4.78, 5) is 29.4. The molecule has 2 saturated heterocycles. The average Bonchev–Trinajstić information content (AvgIpc) is 2.46. The molecule has 1 N–H and O–H groups in total. The topological polar surface area (TPSA) is 64.1 Å². The summed E-state index contributed by atoms with van der Waals surface area (Å²) < 4.78 is 0. The summed E-state index contributed by atoms with van der Waals surface area (Å²) in [5.74, 6) is 0.417. The number of aliphatic carboxylic acids is 1. The second-order valence-electron chi connectivity index (χ2n) is 5.52. The second kappa shape index (κ2) is 6.67. The molecule has 0 saturated carbocycles. The SMILES string of the molecule is CC(C)N1CCN(C(=O)N2CCSCC2C(=O)O)CC1. The van der Waals surface area contributed by atoms with Crippen molar-refractivity contribution in [3.05, 3.63) is 0 Å². The summed E-state index contributed by atoms with van der Waals surface area (Å²) in [5.41, 5.74) is 0. The number of urea groups is 1. The number of carbonyl (C=O) groups excluding carboxylic acids is 1. The minimum atomic E-state index is -0.897. The molecule has 0 aromatic carbocycles. The summed E-state index contributed by atoms with van der Waals surface area (Å²) >= 11 is 1.60. The van der Waals surface area contributed by atoms with Gasteiger partial charge in [0.15, 0.2) is 0 Å². The van der Waals surface area contributed by atoms with E-state index in [-0.39, 0.29) is 6.03 Å². The van der Waals surface area contributed by atoms with E-state index in [1.807, 2.05) is 0 Å². The van der Waals surface area contributed by atoms with E-state index in [1.165, 1.54) is 4.90 Å². The van der Waals surface area contributed by atoms with E-state index in [4.69, 9.17) is 0 Å². The number of carboxylic acid groups (broad SMARTS) is 1. The molecule has 0 aromatic heterocycles. The van der Waals surface area contributed by atoms with Crippen molar-refractivity contribution in [1.29, 1.82) is 0 Å². The van der Waals surface area contributed by atoms with Gasteiger partial charge in [0.05, 0.1) is 0 Å². The second-order valence-corrected chi connectivity index (χ2v) is 6.67. The molecule has 2 amide bonds. The molecule has 0 radical (unpaired) electrons. The quantitative estimate of drug-likeness (QED) is 0.811. The van der Waals surface area contributed by atoms with Gasteiger partial charge < -0.3 is 14.9 Å². The van der Waals surface area contributed by atoms with Gasteiger partial charge in [0.2, 0.25) is 0 Å². The third kappa shape index (κ3) is 3.38. The molecule has 7 heteroatoms. The molecule has 1 atom stereocenters. The first-order valence-corrected chi connectivity index (χ1v) is 8.26. The molecule has 6 nitrogen and oxygen atoms in total. The van der Waals surface area contributed by atoms with E-state index >= 15 is 0 Å². The van der Waals surface area contributed by atoms with Crippen LogP contribution in [0.25, 0.3) is 0 Å². The highest BCUT2D eigenvalue weighted by Crippen LogP contribution is 2.19. The van der Waals surface area contributed by atoms with Crippen LogP contribution in [0, 0.1) is 0 Å². The Morgan fingerprint density at radius 2 is 1.80 bits per heavy atom. The van der Waals surface area contributed by atoms with Gasteiger partial charge in [-0.05, 0) is 13.8 Å². The van der Waals surface area contributed by atoms with E-state index in [9.17, 15) is 14.7 Å². The zero-order chi connectivity index (χ0) is 14.7. The fourth-order valence-corrected chi connectivity index (χ4v) is 3.69. The Balaban J connectivity index is 1.95. The normalized spacial score (nSPS) is 25.1. The number of carboxylic acids is 1. The van der Waals surface area contributed by atoms with Gasteiger partial charge in [-0.25, -0.2) is 9.59 Å². The standard InChI is InChI=1S/C13H23N3O3S/c1-10(2)14-3-5-15(6-4-14)13(19)16-7-8-20-9-11(16)12(17)18/h10-11H,3-9H2,1-2H3,(H,17,18). The van der Waals surface area contributed by atoms with Gasteiger partial charge in [0.1, 0.15) is 6.04 Å². The number of amides is 2. The summed E-state index contributed by atoms with van der Waals surface area (Å²) in [7, 11) is 0. The number of hydrogen-bond acceptors (Lipinski definition) is 4. The van der Waals surface area contributed by atoms with Crippen LogP contribution in [0.3, 0.4) is 0 Å². The Morgan fingerprint density at radius 3 is 2.35 bits per heavy atom. The fraction of sp³-hybridized carbons (Fsp3) is 0.846. The number of nitrogens with zero attached hydrogens (tertiary/aromatic N) is 3. The lowest BCUT2D eigenvalue weighted by atomic mass is 10.2. The number of rotatable bonds is 2. The highest BCUT2D eigenvalue weighted by molar-refractivity contribution is 7.99. The van der Waals surface area contributed by atoms with Crippen LogP contribution in [-0.2, 0) is 4.79 Å². The maximum atomic E-state index is 12.5. The number of piperazine rings is 1. The number of hydrogen-bond donors (Lipinski definition) is 1. The molecule has 114 valence electrons. The van der Waals surface area contributed by atoms with Crippen molar-refractivity contribution in [1.82, 2.24) is 14.7 Å². The molecule has 0 spiro atoms. The molecule has 2 rings (SSSR count). The summed E-state index contributed by atoms with van der Waals surface area (Å²) in [5, 5.41) is 9.24. The number of thioether (sulfide) groups is 1. The van der Waals surface area contributed by atoms with Crippen LogP contribution < -0.4 is 0 Å². The molecule has 20 heavy (non-hydrogen) atoms. The van der Waals surface area contributed by atoms with E-state index in [2.05, 4.69) is 18.7 Å². The van der Waals surface area contributed by atoms with Crippen molar-refractivity contribution in [2.75, 3.05) is 44.2 Å². The molecular formula is C13H23N3O3S. The third-order valence-electron chi connectivity index (χ3n) is 3.97. The van der Waals surface area contributed by atoms with Gasteiger partial charge in [0, 0.05) is 50.3 Å².